The van der Waals surface area contributed by atoms with E-state index >= 15 is 0 Å². The highest BCUT2D eigenvalue weighted by molar-refractivity contribution is 8.01. The van der Waals surface area contributed by atoms with Crippen molar-refractivity contribution in [1.29, 1.82) is 5.26 Å². The molecule has 40 heavy (non-hydrogen) atoms. The van der Waals surface area contributed by atoms with Crippen LogP contribution in [0.5, 0.6) is 0 Å². The Balaban J connectivity index is 1.46. The van der Waals surface area contributed by atoms with Crippen LogP contribution in [0.3, 0.4) is 0 Å². The Morgan fingerprint density at radius 2 is 1.80 bits per heavy atom. The molecule has 1 atom stereocenters. The van der Waals surface area contributed by atoms with E-state index in [1.165, 1.54) is 47.7 Å². The summed E-state index contributed by atoms with van der Waals surface area (Å²) in [6.45, 7) is 3.97. The van der Waals surface area contributed by atoms with Gasteiger partial charge in [-0.3, -0.25) is 14.5 Å². The maximum absolute atomic E-state index is 13.7. The van der Waals surface area contributed by atoms with E-state index in [0.29, 0.717) is 38.4 Å². The van der Waals surface area contributed by atoms with Crippen LogP contribution in [0.2, 0.25) is 0 Å². The van der Waals surface area contributed by atoms with Gasteiger partial charge in [-0.05, 0) is 53.8 Å². The highest BCUT2D eigenvalue weighted by Gasteiger charge is 2.45. The van der Waals surface area contributed by atoms with Gasteiger partial charge >= 0.3 is 0 Å². The number of ketones is 1. The van der Waals surface area contributed by atoms with Crippen LogP contribution >= 0.6 is 23.1 Å². The zero-order valence-corrected chi connectivity index (χ0v) is 23.2. The van der Waals surface area contributed by atoms with Gasteiger partial charge in [0.25, 0.3) is 0 Å². The second-order valence-electron chi connectivity index (χ2n) is 10.2. The number of nitrogens with two attached hydrogens (primary N) is 1. The van der Waals surface area contributed by atoms with E-state index in [1.54, 1.807) is 17.0 Å². The summed E-state index contributed by atoms with van der Waals surface area (Å²) in [5.74, 6) is -1.80. The topological polar surface area (TPSA) is 125 Å². The van der Waals surface area contributed by atoms with Crippen molar-refractivity contribution < 1.29 is 18.4 Å². The predicted molar refractivity (Wildman–Crippen MR) is 149 cm³/mol. The first kappa shape index (κ1) is 27.5. The van der Waals surface area contributed by atoms with Crippen LogP contribution in [0.25, 0.3) is 0 Å². The first-order valence-corrected chi connectivity index (χ1v) is 14.1. The molecule has 2 aliphatic rings. The van der Waals surface area contributed by atoms with E-state index < -0.39 is 17.6 Å². The number of carbonyl (C=O) groups is 2. The van der Waals surface area contributed by atoms with E-state index in [9.17, 15) is 23.6 Å². The minimum Gasteiger partial charge on any atom is -0.384 e. The van der Waals surface area contributed by atoms with Crippen molar-refractivity contribution in [2.24, 2.45) is 11.1 Å². The smallest absolute Gasteiger partial charge is 0.234 e. The number of nitrogens with zero attached hydrogens (tertiary/aromatic N) is 4. The fourth-order valence-corrected chi connectivity index (χ4v) is 6.61. The standard InChI is InChI=1S/C28H24F2N6O2S2/c1-28(2)11-20-24(21(37)12-28)23(15-3-5-16(29)6-4-15)19(13-31)25(32)36(20)26-34-35-27(40-26)39-14-22(38)33-18-9-7-17(30)8-10-18/h3-10,23H,11-12,14,32H2,1-2H3,(H,33,38). The number of thioether (sulfide) groups is 1. The van der Waals surface area contributed by atoms with Gasteiger partial charge in [-0.1, -0.05) is 49.1 Å². The van der Waals surface area contributed by atoms with E-state index in [0.717, 1.165) is 11.8 Å². The molecule has 1 aromatic heterocycles. The van der Waals surface area contributed by atoms with E-state index in [-0.39, 0.29) is 40.7 Å². The molecule has 1 aliphatic carbocycles. The molecular formula is C28H24F2N6O2S2. The summed E-state index contributed by atoms with van der Waals surface area (Å²) in [6.07, 6.45) is 0.781. The zero-order chi connectivity index (χ0) is 28.6. The monoisotopic (exact) mass is 578 g/mol. The van der Waals surface area contributed by atoms with Gasteiger partial charge in [0.1, 0.15) is 17.5 Å². The number of amides is 1. The predicted octanol–water partition coefficient (Wildman–Crippen LogP) is 5.49. The second kappa shape index (κ2) is 10.8. The summed E-state index contributed by atoms with van der Waals surface area (Å²) >= 11 is 2.34. The summed E-state index contributed by atoms with van der Waals surface area (Å²) in [4.78, 5) is 27.6. The lowest BCUT2D eigenvalue weighted by molar-refractivity contribution is -0.118. The van der Waals surface area contributed by atoms with Gasteiger partial charge in [0.05, 0.1) is 23.3 Å². The van der Waals surface area contributed by atoms with Crippen LogP contribution in [-0.2, 0) is 9.59 Å². The average molecular weight is 579 g/mol. The van der Waals surface area contributed by atoms with Crippen LogP contribution in [-0.4, -0.2) is 27.6 Å². The van der Waals surface area contributed by atoms with Crippen molar-refractivity contribution in [1.82, 2.24) is 10.2 Å². The first-order chi connectivity index (χ1) is 19.1. The number of benzene rings is 2. The summed E-state index contributed by atoms with van der Waals surface area (Å²) in [5, 5.41) is 21.7. The van der Waals surface area contributed by atoms with Crippen LogP contribution in [0.1, 0.15) is 38.2 Å². The molecule has 0 spiro atoms. The minimum atomic E-state index is -0.725. The van der Waals surface area contributed by atoms with Gasteiger partial charge in [0.2, 0.25) is 11.0 Å². The van der Waals surface area contributed by atoms with Crippen LogP contribution in [0.4, 0.5) is 19.6 Å². The molecule has 0 saturated carbocycles. The van der Waals surface area contributed by atoms with Crippen molar-refractivity contribution in [2.45, 2.75) is 36.9 Å². The van der Waals surface area contributed by atoms with Gasteiger partial charge in [0.15, 0.2) is 10.1 Å². The molecule has 5 rings (SSSR count). The summed E-state index contributed by atoms with van der Waals surface area (Å²) in [7, 11) is 0. The number of allylic oxidation sites excluding steroid dienone is 3. The van der Waals surface area contributed by atoms with Crippen LogP contribution < -0.4 is 16.0 Å². The molecule has 0 fully saturated rings. The van der Waals surface area contributed by atoms with Gasteiger partial charge in [-0.15, -0.1) is 10.2 Å². The Morgan fingerprint density at radius 3 is 2.45 bits per heavy atom. The third kappa shape index (κ3) is 5.48. The lowest BCUT2D eigenvalue weighted by Gasteiger charge is -2.42. The quantitative estimate of drug-likeness (QED) is 0.368. The summed E-state index contributed by atoms with van der Waals surface area (Å²) in [5.41, 5.74) is 8.55. The molecule has 2 heterocycles. The minimum absolute atomic E-state index is 0.0346. The van der Waals surface area contributed by atoms with Gasteiger partial charge in [-0.2, -0.15) is 5.26 Å². The van der Waals surface area contributed by atoms with Crippen molar-refractivity contribution in [3.05, 3.63) is 88.4 Å². The van der Waals surface area contributed by atoms with E-state index in [4.69, 9.17) is 5.73 Å². The van der Waals surface area contributed by atoms with Crippen molar-refractivity contribution in [3.8, 4) is 6.07 Å². The van der Waals surface area contributed by atoms with Gasteiger partial charge in [-0.25, -0.2) is 8.78 Å². The number of Topliss-reactive ketones (excluding diaryl/α,β-unsaturated/α-hetero) is 1. The number of hydrogen-bond donors (Lipinski definition) is 2. The largest absolute Gasteiger partial charge is 0.384 e. The summed E-state index contributed by atoms with van der Waals surface area (Å²) in [6, 6.07) is 13.3. The highest BCUT2D eigenvalue weighted by atomic mass is 32.2. The van der Waals surface area contributed by atoms with Crippen molar-refractivity contribution in [2.75, 3.05) is 16.0 Å². The Hall–Kier alpha value is -4.08. The third-order valence-corrected chi connectivity index (χ3v) is 8.67. The summed E-state index contributed by atoms with van der Waals surface area (Å²) < 4.78 is 27.3. The number of anilines is 2. The average Bonchev–Trinajstić information content (AvgIpc) is 3.36. The molecule has 1 unspecified atom stereocenters. The Bertz CT molecular complexity index is 1590. The molecule has 204 valence electrons. The molecule has 0 saturated heterocycles. The lowest BCUT2D eigenvalue weighted by Crippen LogP contribution is -2.42. The molecule has 0 radical (unpaired) electrons. The molecule has 0 bridgehead atoms. The fourth-order valence-electron chi connectivity index (χ4n) is 4.92. The van der Waals surface area contributed by atoms with Crippen LogP contribution in [0, 0.1) is 28.4 Å². The molecular weight excluding hydrogens is 554 g/mol. The van der Waals surface area contributed by atoms with Crippen molar-refractivity contribution >= 4 is 45.6 Å². The molecule has 2 aromatic carbocycles. The Kier molecular flexibility index (Phi) is 7.44. The highest BCUT2D eigenvalue weighted by Crippen LogP contribution is 2.50. The Morgan fingerprint density at radius 1 is 1.15 bits per heavy atom. The fraction of sp³-hybridized carbons (Fsp3) is 0.250. The van der Waals surface area contributed by atoms with Gasteiger partial charge in [0, 0.05) is 23.4 Å². The maximum Gasteiger partial charge on any atom is 0.234 e. The molecule has 3 aromatic rings. The van der Waals surface area contributed by atoms with E-state index in [2.05, 4.69) is 21.6 Å². The third-order valence-electron chi connectivity index (χ3n) is 6.63. The second-order valence-corrected chi connectivity index (χ2v) is 12.4. The maximum atomic E-state index is 13.7. The number of aromatic nitrogens is 2. The normalized spacial score (nSPS) is 18.4. The molecule has 8 nitrogen and oxygen atoms in total. The number of halogens is 2. The lowest BCUT2D eigenvalue weighted by atomic mass is 9.69. The van der Waals surface area contributed by atoms with E-state index in [1.807, 2.05) is 13.8 Å². The van der Waals surface area contributed by atoms with Gasteiger partial charge < -0.3 is 11.1 Å². The SMILES string of the molecule is CC1(C)CC(=O)C2=C(C1)N(c1nnc(SCC(=O)Nc3ccc(F)cc3)s1)C(N)=C(C#N)C2c1ccc(F)cc1. The first-order valence-electron chi connectivity index (χ1n) is 12.3. The number of nitrogens with one attached hydrogen (secondary N) is 1. The number of hydrogen-bond acceptors (Lipinski definition) is 9. The Labute approximate surface area is 237 Å². The molecule has 1 amide bonds. The van der Waals surface area contributed by atoms with Crippen LogP contribution in [0.15, 0.2) is 75.5 Å². The molecule has 12 heteroatoms. The zero-order valence-electron chi connectivity index (χ0n) is 21.6. The molecule has 1 aliphatic heterocycles. The molecule has 3 N–H and O–H groups in total. The number of nitriles is 1. The number of carbonyl (C=O) groups excluding carboxylic acids is 2. The number of rotatable bonds is 6. The van der Waals surface area contributed by atoms with Crippen molar-refractivity contribution in [3.63, 3.8) is 0 Å².